The van der Waals surface area contributed by atoms with E-state index in [9.17, 15) is 4.39 Å². The van der Waals surface area contributed by atoms with Gasteiger partial charge >= 0.3 is 0 Å². The van der Waals surface area contributed by atoms with Crippen LogP contribution in [0.15, 0.2) is 36.4 Å². The second-order valence-corrected chi connectivity index (χ2v) is 3.86. The van der Waals surface area contributed by atoms with Gasteiger partial charge in [0.1, 0.15) is 5.82 Å². The van der Waals surface area contributed by atoms with Gasteiger partial charge in [-0.2, -0.15) is 0 Å². The van der Waals surface area contributed by atoms with Gasteiger partial charge in [-0.05, 0) is 29.8 Å². The smallest absolute Gasteiger partial charge is 0.124 e. The number of hydrogen-bond acceptors (Lipinski definition) is 0. The molecule has 0 saturated heterocycles. The van der Waals surface area contributed by atoms with E-state index in [0.29, 0.717) is 10.0 Å². The van der Waals surface area contributed by atoms with Crippen molar-refractivity contribution in [2.75, 3.05) is 0 Å². The molecule has 0 atom stereocenters. The highest BCUT2D eigenvalue weighted by Gasteiger charge is 2.04. The lowest BCUT2D eigenvalue weighted by Gasteiger charge is -2.04. The summed E-state index contributed by atoms with van der Waals surface area (Å²) in [4.78, 5) is 0. The minimum atomic E-state index is -0.350. The molecule has 2 aromatic carbocycles. The van der Waals surface area contributed by atoms with Crippen LogP contribution in [0.4, 0.5) is 4.39 Å². The molecule has 0 saturated carbocycles. The fourth-order valence-corrected chi connectivity index (χ4v) is 1.79. The average molecular weight is 240 g/mol. The van der Waals surface area contributed by atoms with Crippen LogP contribution in [0.5, 0.6) is 0 Å². The van der Waals surface area contributed by atoms with Gasteiger partial charge in [0.2, 0.25) is 0 Å². The van der Waals surface area contributed by atoms with Gasteiger partial charge in [-0.15, -0.1) is 0 Å². The third-order valence-electron chi connectivity index (χ3n) is 2.01. The van der Waals surface area contributed by atoms with Crippen molar-refractivity contribution in [2.45, 2.75) is 0 Å². The summed E-state index contributed by atoms with van der Waals surface area (Å²) in [5.41, 5.74) is 1.61. The third-order valence-corrected chi connectivity index (χ3v) is 2.54. The molecule has 2 aromatic rings. The molecule has 0 aromatic heterocycles. The van der Waals surface area contributed by atoms with E-state index in [1.165, 1.54) is 12.1 Å². The molecule has 0 aliphatic carbocycles. The molecular weight excluding hydrogens is 234 g/mol. The van der Waals surface area contributed by atoms with Gasteiger partial charge in [-0.25, -0.2) is 4.39 Å². The molecule has 0 fully saturated rings. The first-order valence-corrected chi connectivity index (χ1v) is 5.05. The van der Waals surface area contributed by atoms with E-state index in [-0.39, 0.29) is 5.82 Å². The van der Waals surface area contributed by atoms with E-state index in [1.807, 2.05) is 6.07 Å². The molecule has 0 N–H and O–H groups in total. The zero-order chi connectivity index (χ0) is 10.8. The Morgan fingerprint density at radius 1 is 1.07 bits per heavy atom. The molecule has 3 heteroatoms. The number of halogens is 3. The summed E-state index contributed by atoms with van der Waals surface area (Å²) >= 11 is 11.7. The van der Waals surface area contributed by atoms with Gasteiger partial charge in [0.05, 0.1) is 5.02 Å². The second kappa shape index (κ2) is 4.21. The Balaban J connectivity index is 2.54. The number of benzene rings is 2. The first-order chi connectivity index (χ1) is 7.16. The largest absolute Gasteiger partial charge is 0.207 e. The maximum Gasteiger partial charge on any atom is 0.124 e. The van der Waals surface area contributed by atoms with Crippen LogP contribution in [-0.2, 0) is 0 Å². The molecule has 0 aliphatic rings. The predicted octanol–water partition coefficient (Wildman–Crippen LogP) is 4.60. The van der Waals surface area contributed by atoms with Gasteiger partial charge in [0.15, 0.2) is 0 Å². The molecule has 75 valence electrons. The standard InChI is InChI=1S/C12H6Cl2F/c13-9-3-1-2-8(6-9)11-5-4-10(15)7-12(11)14/h1-2,4-7H. The van der Waals surface area contributed by atoms with Gasteiger partial charge < -0.3 is 0 Å². The summed E-state index contributed by atoms with van der Waals surface area (Å²) in [7, 11) is 0. The predicted molar refractivity (Wildman–Crippen MR) is 60.7 cm³/mol. The fraction of sp³-hybridized carbons (Fsp3) is 0. The highest BCUT2D eigenvalue weighted by atomic mass is 35.5. The summed E-state index contributed by atoms with van der Waals surface area (Å²) in [5, 5.41) is 0.880. The zero-order valence-corrected chi connectivity index (χ0v) is 9.11. The molecule has 2 rings (SSSR count). The van der Waals surface area contributed by atoms with E-state index in [4.69, 9.17) is 23.2 Å². The topological polar surface area (TPSA) is 0 Å². The zero-order valence-electron chi connectivity index (χ0n) is 7.60. The summed E-state index contributed by atoms with van der Waals surface area (Å²) in [5.74, 6) is -0.350. The Bertz CT molecular complexity index is 495. The highest BCUT2D eigenvalue weighted by molar-refractivity contribution is 6.33. The SMILES string of the molecule is Fc1ccc(-c2cc[c]c(Cl)c2)c(Cl)c1. The van der Waals surface area contributed by atoms with Crippen molar-refractivity contribution in [3.63, 3.8) is 0 Å². The molecule has 1 radical (unpaired) electrons. The lowest BCUT2D eigenvalue weighted by Crippen LogP contribution is -1.81. The highest BCUT2D eigenvalue weighted by Crippen LogP contribution is 2.29. The van der Waals surface area contributed by atoms with Crippen molar-refractivity contribution in [1.82, 2.24) is 0 Å². The molecule has 0 bridgehead atoms. The van der Waals surface area contributed by atoms with E-state index in [1.54, 1.807) is 18.2 Å². The summed E-state index contributed by atoms with van der Waals surface area (Å²) in [6, 6.07) is 12.4. The van der Waals surface area contributed by atoms with Gasteiger partial charge in [0.25, 0.3) is 0 Å². The summed E-state index contributed by atoms with van der Waals surface area (Å²) < 4.78 is 12.8. The van der Waals surface area contributed by atoms with Crippen LogP contribution in [-0.4, -0.2) is 0 Å². The molecule has 0 amide bonds. The number of hydrogen-bond donors (Lipinski definition) is 0. The maximum absolute atomic E-state index is 12.8. The molecular formula is C12H6Cl2F. The van der Waals surface area contributed by atoms with Crippen LogP contribution >= 0.6 is 23.2 Å². The van der Waals surface area contributed by atoms with E-state index < -0.39 is 0 Å². The van der Waals surface area contributed by atoms with Crippen molar-refractivity contribution < 1.29 is 4.39 Å². The van der Waals surface area contributed by atoms with E-state index in [2.05, 4.69) is 6.07 Å². The number of rotatable bonds is 1. The van der Waals surface area contributed by atoms with Gasteiger partial charge in [0, 0.05) is 16.7 Å². The van der Waals surface area contributed by atoms with Crippen LogP contribution in [0.1, 0.15) is 0 Å². The van der Waals surface area contributed by atoms with Crippen molar-refractivity contribution in [1.29, 1.82) is 0 Å². The molecule has 0 nitrogen and oxygen atoms in total. The molecule has 0 heterocycles. The Morgan fingerprint density at radius 3 is 2.53 bits per heavy atom. The van der Waals surface area contributed by atoms with Crippen LogP contribution in [0.25, 0.3) is 11.1 Å². The van der Waals surface area contributed by atoms with Gasteiger partial charge in [-0.3, -0.25) is 0 Å². The minimum Gasteiger partial charge on any atom is -0.207 e. The van der Waals surface area contributed by atoms with Crippen LogP contribution < -0.4 is 0 Å². The Morgan fingerprint density at radius 2 is 1.87 bits per heavy atom. The Labute approximate surface area is 97.3 Å². The van der Waals surface area contributed by atoms with Crippen molar-refractivity contribution >= 4 is 23.2 Å². The lowest BCUT2D eigenvalue weighted by atomic mass is 10.1. The minimum absolute atomic E-state index is 0.350. The lowest BCUT2D eigenvalue weighted by molar-refractivity contribution is 0.628. The van der Waals surface area contributed by atoms with Gasteiger partial charge in [-0.1, -0.05) is 35.3 Å². The van der Waals surface area contributed by atoms with Crippen molar-refractivity contribution in [3.05, 3.63) is 58.3 Å². The molecule has 0 aliphatic heterocycles. The second-order valence-electron chi connectivity index (χ2n) is 3.05. The maximum atomic E-state index is 12.8. The third kappa shape index (κ3) is 2.31. The van der Waals surface area contributed by atoms with E-state index >= 15 is 0 Å². The van der Waals surface area contributed by atoms with Crippen LogP contribution in [0.2, 0.25) is 10.0 Å². The summed E-state index contributed by atoms with van der Waals surface area (Å²) in [6.45, 7) is 0. The van der Waals surface area contributed by atoms with Crippen LogP contribution in [0, 0.1) is 11.9 Å². The average Bonchev–Trinajstić information content (AvgIpc) is 2.17. The van der Waals surface area contributed by atoms with Crippen molar-refractivity contribution in [2.24, 2.45) is 0 Å². The first kappa shape index (κ1) is 10.5. The van der Waals surface area contributed by atoms with Crippen molar-refractivity contribution in [3.8, 4) is 11.1 Å². The Kier molecular flexibility index (Phi) is 2.94. The Hall–Kier alpha value is -1.05. The monoisotopic (exact) mass is 239 g/mol. The molecule has 15 heavy (non-hydrogen) atoms. The fourth-order valence-electron chi connectivity index (χ4n) is 1.33. The molecule has 0 spiro atoms. The molecule has 0 unspecified atom stereocenters. The quantitative estimate of drug-likeness (QED) is 0.683. The normalized spacial score (nSPS) is 10.3. The van der Waals surface area contributed by atoms with E-state index in [0.717, 1.165) is 11.1 Å². The summed E-state index contributed by atoms with van der Waals surface area (Å²) in [6.07, 6.45) is 0. The van der Waals surface area contributed by atoms with Crippen LogP contribution in [0.3, 0.4) is 0 Å². The first-order valence-electron chi connectivity index (χ1n) is 4.29.